The van der Waals surface area contributed by atoms with Crippen LogP contribution < -0.4 is 0 Å². The molecule has 0 amide bonds. The maximum absolute atomic E-state index is 10.9. The third-order valence-corrected chi connectivity index (χ3v) is 2.17. The van der Waals surface area contributed by atoms with E-state index in [-0.39, 0.29) is 23.4 Å². The van der Waals surface area contributed by atoms with Gasteiger partial charge in [0.2, 0.25) is 0 Å². The Labute approximate surface area is 89.8 Å². The van der Waals surface area contributed by atoms with Crippen molar-refractivity contribution in [2.45, 2.75) is 6.42 Å². The first-order valence-corrected chi connectivity index (χ1v) is 4.50. The van der Waals surface area contributed by atoms with Crippen LogP contribution in [0.5, 0.6) is 5.75 Å². The number of aldehydes is 1. The normalized spacial score (nSPS) is 10.5. The van der Waals surface area contributed by atoms with Gasteiger partial charge in [0, 0.05) is 12.3 Å². The van der Waals surface area contributed by atoms with Gasteiger partial charge in [-0.25, -0.2) is 9.78 Å². The summed E-state index contributed by atoms with van der Waals surface area (Å²) in [6.45, 7) is 0. The third kappa shape index (κ3) is 1.50. The fraction of sp³-hybridized carbons (Fsp3) is 0.100. The molecule has 2 aromatic heterocycles. The standard InChI is InChI=1S/C10H8N2O4/c13-4-2-8-11-9(10(15)16)7-5-6(14)1-3-12(7)8/h1,3-5,14H,2H2,(H,15,16). The van der Waals surface area contributed by atoms with Gasteiger partial charge in [0.05, 0.1) is 11.9 Å². The zero-order chi connectivity index (χ0) is 11.7. The highest BCUT2D eigenvalue weighted by Gasteiger charge is 2.16. The molecule has 2 heterocycles. The number of aromatic nitrogens is 2. The van der Waals surface area contributed by atoms with Gasteiger partial charge in [-0.3, -0.25) is 0 Å². The maximum atomic E-state index is 10.9. The van der Waals surface area contributed by atoms with Gasteiger partial charge in [-0.05, 0) is 6.07 Å². The fourth-order valence-corrected chi connectivity index (χ4v) is 1.51. The number of carbonyl (C=O) groups is 2. The molecule has 0 aliphatic rings. The van der Waals surface area contributed by atoms with Crippen LogP contribution in [0, 0.1) is 0 Å². The Bertz CT molecular complexity index is 573. The minimum Gasteiger partial charge on any atom is -0.508 e. The van der Waals surface area contributed by atoms with Gasteiger partial charge in [0.25, 0.3) is 0 Å². The number of carboxylic acids is 1. The minimum atomic E-state index is -1.19. The van der Waals surface area contributed by atoms with Gasteiger partial charge < -0.3 is 19.4 Å². The van der Waals surface area contributed by atoms with E-state index in [4.69, 9.17) is 5.11 Å². The van der Waals surface area contributed by atoms with Gasteiger partial charge in [-0.1, -0.05) is 0 Å². The van der Waals surface area contributed by atoms with Crippen molar-refractivity contribution in [3.63, 3.8) is 0 Å². The SMILES string of the molecule is O=CCc1nc(C(=O)O)c2cc(O)ccn12. The molecule has 2 N–H and O–H groups in total. The van der Waals surface area contributed by atoms with Gasteiger partial charge in [-0.2, -0.15) is 0 Å². The molecular formula is C10H8N2O4. The Hall–Kier alpha value is -2.37. The highest BCUT2D eigenvalue weighted by atomic mass is 16.4. The van der Waals surface area contributed by atoms with Crippen LogP contribution >= 0.6 is 0 Å². The fourth-order valence-electron chi connectivity index (χ4n) is 1.51. The Morgan fingerprint density at radius 1 is 1.56 bits per heavy atom. The van der Waals surface area contributed by atoms with Crippen molar-refractivity contribution in [2.24, 2.45) is 0 Å². The van der Waals surface area contributed by atoms with E-state index in [0.29, 0.717) is 12.1 Å². The number of rotatable bonds is 3. The van der Waals surface area contributed by atoms with Gasteiger partial charge >= 0.3 is 5.97 Å². The molecular weight excluding hydrogens is 212 g/mol. The van der Waals surface area contributed by atoms with E-state index in [2.05, 4.69) is 4.98 Å². The molecule has 0 atom stereocenters. The number of hydrogen-bond acceptors (Lipinski definition) is 4. The quantitative estimate of drug-likeness (QED) is 0.734. The minimum absolute atomic E-state index is 0.0270. The Morgan fingerprint density at radius 3 is 2.94 bits per heavy atom. The molecule has 2 aromatic rings. The summed E-state index contributed by atoms with van der Waals surface area (Å²) in [4.78, 5) is 25.2. The summed E-state index contributed by atoms with van der Waals surface area (Å²) >= 11 is 0. The van der Waals surface area contributed by atoms with Crippen molar-refractivity contribution in [1.82, 2.24) is 9.38 Å². The van der Waals surface area contributed by atoms with Crippen molar-refractivity contribution in [3.05, 3.63) is 29.8 Å². The number of carboxylic acid groups (broad SMARTS) is 1. The molecule has 0 saturated carbocycles. The lowest BCUT2D eigenvalue weighted by atomic mass is 10.3. The van der Waals surface area contributed by atoms with Crippen LogP contribution in [0.15, 0.2) is 18.3 Å². The van der Waals surface area contributed by atoms with Crippen molar-refractivity contribution >= 4 is 17.8 Å². The van der Waals surface area contributed by atoms with E-state index < -0.39 is 5.97 Å². The van der Waals surface area contributed by atoms with E-state index in [9.17, 15) is 14.7 Å². The predicted octanol–water partition coefficient (Wildman–Crippen LogP) is 0.479. The zero-order valence-electron chi connectivity index (χ0n) is 8.12. The highest BCUT2D eigenvalue weighted by Crippen LogP contribution is 2.18. The van der Waals surface area contributed by atoms with Crippen LogP contribution in [0.4, 0.5) is 0 Å². The maximum Gasteiger partial charge on any atom is 0.356 e. The van der Waals surface area contributed by atoms with Crippen molar-refractivity contribution in [1.29, 1.82) is 0 Å². The average molecular weight is 220 g/mol. The van der Waals surface area contributed by atoms with E-state index in [1.54, 1.807) is 0 Å². The predicted molar refractivity (Wildman–Crippen MR) is 53.6 cm³/mol. The summed E-state index contributed by atoms with van der Waals surface area (Å²) in [5, 5.41) is 18.2. The average Bonchev–Trinajstić information content (AvgIpc) is 2.57. The largest absolute Gasteiger partial charge is 0.508 e. The number of aromatic carboxylic acids is 1. The second-order valence-electron chi connectivity index (χ2n) is 3.19. The summed E-state index contributed by atoms with van der Waals surface area (Å²) < 4.78 is 1.47. The van der Waals surface area contributed by atoms with Crippen LogP contribution in [0.2, 0.25) is 0 Å². The van der Waals surface area contributed by atoms with E-state index >= 15 is 0 Å². The Morgan fingerprint density at radius 2 is 2.31 bits per heavy atom. The van der Waals surface area contributed by atoms with Crippen molar-refractivity contribution in [2.75, 3.05) is 0 Å². The van der Waals surface area contributed by atoms with Crippen LogP contribution in [-0.2, 0) is 11.2 Å². The lowest BCUT2D eigenvalue weighted by Crippen LogP contribution is -1.97. The number of aromatic hydroxyl groups is 1. The second-order valence-corrected chi connectivity index (χ2v) is 3.19. The first-order chi connectivity index (χ1) is 7.63. The molecule has 0 aromatic carbocycles. The molecule has 0 aliphatic heterocycles. The summed E-state index contributed by atoms with van der Waals surface area (Å²) in [5.74, 6) is -0.907. The smallest absolute Gasteiger partial charge is 0.356 e. The summed E-state index contributed by atoms with van der Waals surface area (Å²) in [5.41, 5.74) is 0.0945. The van der Waals surface area contributed by atoms with Crippen LogP contribution in [0.25, 0.3) is 5.52 Å². The van der Waals surface area contributed by atoms with Crippen molar-refractivity contribution < 1.29 is 19.8 Å². The molecule has 6 nitrogen and oxygen atoms in total. The molecule has 0 unspecified atom stereocenters. The van der Waals surface area contributed by atoms with Gasteiger partial charge in [-0.15, -0.1) is 0 Å². The zero-order valence-corrected chi connectivity index (χ0v) is 8.12. The lowest BCUT2D eigenvalue weighted by molar-refractivity contribution is -0.107. The number of carbonyl (C=O) groups excluding carboxylic acids is 1. The van der Waals surface area contributed by atoms with Crippen molar-refractivity contribution in [3.8, 4) is 5.75 Å². The first kappa shape index (κ1) is 10.2. The number of pyridine rings is 1. The topological polar surface area (TPSA) is 91.9 Å². The van der Waals surface area contributed by atoms with E-state index in [0.717, 1.165) is 0 Å². The number of fused-ring (bicyclic) bond motifs is 1. The van der Waals surface area contributed by atoms with E-state index in [1.807, 2.05) is 0 Å². The van der Waals surface area contributed by atoms with Crippen LogP contribution in [0.3, 0.4) is 0 Å². The number of imidazole rings is 1. The van der Waals surface area contributed by atoms with E-state index in [1.165, 1.54) is 22.7 Å². The molecule has 0 spiro atoms. The summed E-state index contributed by atoms with van der Waals surface area (Å²) in [6.07, 6.45) is 2.15. The third-order valence-electron chi connectivity index (χ3n) is 2.17. The summed E-state index contributed by atoms with van der Waals surface area (Å²) in [6, 6.07) is 2.69. The highest BCUT2D eigenvalue weighted by molar-refractivity contribution is 5.94. The lowest BCUT2D eigenvalue weighted by Gasteiger charge is -1.97. The van der Waals surface area contributed by atoms with Crippen LogP contribution in [-0.4, -0.2) is 31.9 Å². The molecule has 0 fully saturated rings. The molecule has 0 radical (unpaired) electrons. The molecule has 0 aliphatic carbocycles. The first-order valence-electron chi connectivity index (χ1n) is 4.50. The van der Waals surface area contributed by atoms with Gasteiger partial charge in [0.15, 0.2) is 5.69 Å². The molecule has 16 heavy (non-hydrogen) atoms. The second kappa shape index (κ2) is 3.65. The van der Waals surface area contributed by atoms with Gasteiger partial charge in [0.1, 0.15) is 17.9 Å². The molecule has 0 bridgehead atoms. The monoisotopic (exact) mass is 220 g/mol. The molecule has 0 saturated heterocycles. The molecule has 2 rings (SSSR count). The molecule has 82 valence electrons. The Kier molecular flexibility index (Phi) is 2.32. The molecule has 6 heteroatoms. The summed E-state index contributed by atoms with van der Waals surface area (Å²) in [7, 11) is 0. The Balaban J connectivity index is 2.75. The number of nitrogens with zero attached hydrogens (tertiary/aromatic N) is 2. The van der Waals surface area contributed by atoms with Crippen LogP contribution in [0.1, 0.15) is 16.3 Å². The number of hydrogen-bond donors (Lipinski definition) is 2.